The largest absolute Gasteiger partial charge is 0.355 e. The smallest absolute Gasteiger partial charge is 0.151 e. The highest BCUT2D eigenvalue weighted by atomic mass is 15.3. The van der Waals surface area contributed by atoms with Crippen LogP contribution in [0.25, 0.3) is 0 Å². The second kappa shape index (κ2) is 4.84. The summed E-state index contributed by atoms with van der Waals surface area (Å²) in [5, 5.41) is 12.2. The fourth-order valence-electron chi connectivity index (χ4n) is 3.24. The van der Waals surface area contributed by atoms with Gasteiger partial charge in [0.1, 0.15) is 0 Å². The number of fused-ring (bicyclic) bond motifs is 1. The maximum atomic E-state index is 4.43. The Morgan fingerprint density at radius 2 is 2.00 bits per heavy atom. The predicted octanol–water partition coefficient (Wildman–Crippen LogP) is 1.60. The van der Waals surface area contributed by atoms with Gasteiger partial charge in [-0.1, -0.05) is 13.8 Å². The first-order valence-electron chi connectivity index (χ1n) is 7.03. The van der Waals surface area contributed by atoms with Crippen molar-refractivity contribution < 1.29 is 0 Å². The Hall–Kier alpha value is -1.16. The van der Waals surface area contributed by atoms with E-state index in [1.807, 2.05) is 0 Å². The van der Waals surface area contributed by atoms with Crippen molar-refractivity contribution in [2.24, 2.45) is 11.8 Å². The first-order chi connectivity index (χ1) is 8.72. The molecule has 1 N–H and O–H groups in total. The van der Waals surface area contributed by atoms with Crippen LogP contribution in [0.4, 0.5) is 5.82 Å². The molecule has 1 saturated heterocycles. The lowest BCUT2D eigenvalue weighted by atomic mass is 9.92. The molecule has 4 nitrogen and oxygen atoms in total. The minimum atomic E-state index is 0.754. The zero-order chi connectivity index (χ0) is 12.5. The molecule has 1 aromatic heterocycles. The number of hydrogen-bond acceptors (Lipinski definition) is 4. The van der Waals surface area contributed by atoms with Crippen LogP contribution < -0.4 is 10.2 Å². The summed E-state index contributed by atoms with van der Waals surface area (Å²) in [6.07, 6.45) is 2.34. The second-order valence-corrected chi connectivity index (χ2v) is 5.95. The molecule has 0 spiro atoms. The van der Waals surface area contributed by atoms with Crippen molar-refractivity contribution in [2.75, 3.05) is 24.5 Å². The maximum absolute atomic E-state index is 4.43. The maximum Gasteiger partial charge on any atom is 0.151 e. The van der Waals surface area contributed by atoms with E-state index >= 15 is 0 Å². The highest BCUT2D eigenvalue weighted by molar-refractivity contribution is 5.42. The molecular formula is C14H22N4. The summed E-state index contributed by atoms with van der Waals surface area (Å²) in [5.74, 6) is 2.57. The van der Waals surface area contributed by atoms with Crippen molar-refractivity contribution in [1.29, 1.82) is 0 Å². The van der Waals surface area contributed by atoms with Crippen molar-refractivity contribution in [3.63, 3.8) is 0 Å². The van der Waals surface area contributed by atoms with Crippen LogP contribution in [-0.2, 0) is 13.0 Å². The topological polar surface area (TPSA) is 41.1 Å². The van der Waals surface area contributed by atoms with Gasteiger partial charge in [-0.25, -0.2) is 0 Å². The summed E-state index contributed by atoms with van der Waals surface area (Å²) < 4.78 is 0. The summed E-state index contributed by atoms with van der Waals surface area (Å²) in [6, 6.07) is 2.24. The van der Waals surface area contributed by atoms with Crippen LogP contribution in [-0.4, -0.2) is 29.8 Å². The Labute approximate surface area is 109 Å². The monoisotopic (exact) mass is 246 g/mol. The van der Waals surface area contributed by atoms with Crippen LogP contribution in [0.2, 0.25) is 0 Å². The van der Waals surface area contributed by atoms with E-state index in [4.69, 9.17) is 0 Å². The van der Waals surface area contributed by atoms with E-state index in [0.717, 1.165) is 50.3 Å². The van der Waals surface area contributed by atoms with E-state index in [1.165, 1.54) is 17.7 Å². The predicted molar refractivity (Wildman–Crippen MR) is 72.6 cm³/mol. The highest BCUT2D eigenvalue weighted by Gasteiger charge is 2.24. The Morgan fingerprint density at radius 3 is 2.78 bits per heavy atom. The summed E-state index contributed by atoms with van der Waals surface area (Å²) in [6.45, 7) is 8.86. The lowest BCUT2D eigenvalue weighted by Crippen LogP contribution is -2.39. The molecule has 0 bridgehead atoms. The van der Waals surface area contributed by atoms with Crippen LogP contribution in [0.5, 0.6) is 0 Å². The molecular weight excluding hydrogens is 224 g/mol. The van der Waals surface area contributed by atoms with Crippen LogP contribution in [0.15, 0.2) is 6.07 Å². The average molecular weight is 246 g/mol. The van der Waals surface area contributed by atoms with E-state index < -0.39 is 0 Å². The van der Waals surface area contributed by atoms with Crippen LogP contribution in [0.1, 0.15) is 31.5 Å². The van der Waals surface area contributed by atoms with Gasteiger partial charge in [0.2, 0.25) is 0 Å². The van der Waals surface area contributed by atoms with Gasteiger partial charge in [0.05, 0.1) is 5.69 Å². The summed E-state index contributed by atoms with van der Waals surface area (Å²) >= 11 is 0. The quantitative estimate of drug-likeness (QED) is 0.817. The molecule has 2 atom stereocenters. The Morgan fingerprint density at radius 1 is 1.22 bits per heavy atom. The van der Waals surface area contributed by atoms with Crippen molar-refractivity contribution in [1.82, 2.24) is 15.5 Å². The zero-order valence-corrected chi connectivity index (χ0v) is 11.3. The molecule has 98 valence electrons. The van der Waals surface area contributed by atoms with Crippen LogP contribution in [0, 0.1) is 11.8 Å². The van der Waals surface area contributed by atoms with Gasteiger partial charge in [0.15, 0.2) is 5.82 Å². The Balaban J connectivity index is 1.83. The van der Waals surface area contributed by atoms with E-state index in [0.29, 0.717) is 0 Å². The third-order valence-electron chi connectivity index (χ3n) is 3.99. The van der Waals surface area contributed by atoms with Gasteiger partial charge in [-0.2, -0.15) is 5.10 Å². The molecule has 2 unspecified atom stereocenters. The van der Waals surface area contributed by atoms with Gasteiger partial charge >= 0.3 is 0 Å². The molecule has 3 heterocycles. The summed E-state index contributed by atoms with van der Waals surface area (Å²) in [4.78, 5) is 2.40. The highest BCUT2D eigenvalue weighted by Crippen LogP contribution is 2.26. The Kier molecular flexibility index (Phi) is 3.20. The van der Waals surface area contributed by atoms with Gasteiger partial charge < -0.3 is 10.2 Å². The fourth-order valence-corrected chi connectivity index (χ4v) is 3.24. The lowest BCUT2D eigenvalue weighted by Gasteiger charge is -2.35. The van der Waals surface area contributed by atoms with Gasteiger partial charge in [-0.3, -0.25) is 0 Å². The van der Waals surface area contributed by atoms with E-state index in [1.54, 1.807) is 0 Å². The van der Waals surface area contributed by atoms with Crippen molar-refractivity contribution >= 4 is 5.82 Å². The second-order valence-electron chi connectivity index (χ2n) is 5.95. The van der Waals surface area contributed by atoms with Gasteiger partial charge in [-0.15, -0.1) is 5.10 Å². The van der Waals surface area contributed by atoms with Crippen molar-refractivity contribution in [3.8, 4) is 0 Å². The van der Waals surface area contributed by atoms with Crippen molar-refractivity contribution in [3.05, 3.63) is 17.3 Å². The number of nitrogens with one attached hydrogen (secondary N) is 1. The first-order valence-corrected chi connectivity index (χ1v) is 7.03. The fraction of sp³-hybridized carbons (Fsp3) is 0.714. The minimum Gasteiger partial charge on any atom is -0.355 e. The van der Waals surface area contributed by atoms with E-state index in [9.17, 15) is 0 Å². The number of piperidine rings is 1. The minimum absolute atomic E-state index is 0.754. The number of rotatable bonds is 1. The van der Waals surface area contributed by atoms with E-state index in [2.05, 4.69) is 40.3 Å². The lowest BCUT2D eigenvalue weighted by molar-refractivity contribution is 0.354. The number of aromatic nitrogens is 2. The normalized spacial score (nSPS) is 28.0. The number of nitrogens with zero attached hydrogens (tertiary/aromatic N) is 3. The third-order valence-corrected chi connectivity index (χ3v) is 3.99. The van der Waals surface area contributed by atoms with Crippen LogP contribution in [0.3, 0.4) is 0 Å². The average Bonchev–Trinajstić information content (AvgIpc) is 2.37. The number of anilines is 1. The zero-order valence-electron chi connectivity index (χ0n) is 11.3. The molecule has 18 heavy (non-hydrogen) atoms. The third kappa shape index (κ3) is 2.34. The Bertz CT molecular complexity index is 422. The molecule has 1 fully saturated rings. The van der Waals surface area contributed by atoms with Gasteiger partial charge in [-0.05, 0) is 29.9 Å². The number of hydrogen-bond donors (Lipinski definition) is 1. The molecule has 0 aromatic carbocycles. The van der Waals surface area contributed by atoms with Crippen molar-refractivity contribution in [2.45, 2.75) is 33.2 Å². The molecule has 0 radical (unpaired) electrons. The van der Waals surface area contributed by atoms with E-state index in [-0.39, 0.29) is 0 Å². The van der Waals surface area contributed by atoms with Gasteiger partial charge in [0.25, 0.3) is 0 Å². The molecule has 3 rings (SSSR count). The SMILES string of the molecule is CC1CC(C)CN(c2cc3c(nn2)CCNC3)C1. The summed E-state index contributed by atoms with van der Waals surface area (Å²) in [7, 11) is 0. The molecule has 0 amide bonds. The first kappa shape index (κ1) is 11.9. The molecule has 0 saturated carbocycles. The summed E-state index contributed by atoms with van der Waals surface area (Å²) in [5.41, 5.74) is 2.51. The molecule has 0 aliphatic carbocycles. The molecule has 1 aromatic rings. The van der Waals surface area contributed by atoms with Crippen LogP contribution >= 0.6 is 0 Å². The molecule has 4 heteroatoms. The van der Waals surface area contributed by atoms with Gasteiger partial charge in [0, 0.05) is 32.6 Å². The standard InChI is InChI=1S/C14H22N4/c1-10-5-11(2)9-18(8-10)14-6-12-7-15-4-3-13(12)16-17-14/h6,10-11,15H,3-5,7-9H2,1-2H3. The molecule has 2 aliphatic rings. The molecule has 2 aliphatic heterocycles.